The first-order valence-corrected chi connectivity index (χ1v) is 10.5. The summed E-state index contributed by atoms with van der Waals surface area (Å²) in [7, 11) is 0. The van der Waals surface area contributed by atoms with Crippen molar-refractivity contribution in [3.05, 3.63) is 48.1 Å². The Morgan fingerprint density at radius 3 is 2.96 bits per heavy atom. The van der Waals surface area contributed by atoms with Crippen LogP contribution in [0.5, 0.6) is 0 Å². The highest BCUT2D eigenvalue weighted by Gasteiger charge is 2.21. The third kappa shape index (κ3) is 6.58. The van der Waals surface area contributed by atoms with Gasteiger partial charge in [0.25, 0.3) is 0 Å². The fraction of sp³-hybridized carbons (Fsp3) is 0.455. The summed E-state index contributed by atoms with van der Waals surface area (Å²) in [4.78, 5) is 12.0. The second-order valence-corrected chi connectivity index (χ2v) is 8.08. The number of benzene rings is 1. The molecule has 0 saturated heterocycles. The zero-order chi connectivity index (χ0) is 19.6. The normalized spacial score (nSPS) is 16.5. The van der Waals surface area contributed by atoms with E-state index in [0.717, 1.165) is 43.2 Å². The van der Waals surface area contributed by atoms with Crippen molar-refractivity contribution in [2.24, 2.45) is 0 Å². The van der Waals surface area contributed by atoms with Crippen LogP contribution in [0.3, 0.4) is 0 Å². The average Bonchev–Trinajstić information content (AvgIpc) is 2.67. The molecule has 0 fully saturated rings. The van der Waals surface area contributed by atoms with Crippen molar-refractivity contribution in [1.82, 2.24) is 0 Å². The number of hydrogen-bond donors (Lipinski definition) is 2. The second kappa shape index (κ2) is 11.0. The van der Waals surface area contributed by atoms with Gasteiger partial charge in [-0.25, -0.2) is 0 Å². The fourth-order valence-corrected chi connectivity index (χ4v) is 4.41. The van der Waals surface area contributed by atoms with Gasteiger partial charge in [0, 0.05) is 22.1 Å². The van der Waals surface area contributed by atoms with Crippen LogP contribution in [0.1, 0.15) is 56.6 Å². The summed E-state index contributed by atoms with van der Waals surface area (Å²) in [5, 5.41) is 17.5. The predicted octanol–water partition coefficient (Wildman–Crippen LogP) is 5.71. The molecule has 27 heavy (non-hydrogen) atoms. The van der Waals surface area contributed by atoms with Crippen molar-refractivity contribution in [3.63, 3.8) is 0 Å². The van der Waals surface area contributed by atoms with E-state index >= 15 is 0 Å². The summed E-state index contributed by atoms with van der Waals surface area (Å²) >= 11 is 1.77. The van der Waals surface area contributed by atoms with Crippen molar-refractivity contribution in [2.45, 2.75) is 62.0 Å². The zero-order valence-corrected chi connectivity index (χ0v) is 16.8. The highest BCUT2D eigenvalue weighted by molar-refractivity contribution is 8.00. The molecule has 1 heterocycles. The molecule has 0 aliphatic carbocycles. The van der Waals surface area contributed by atoms with E-state index in [1.807, 2.05) is 12.1 Å². The Kier molecular flexibility index (Phi) is 8.65. The van der Waals surface area contributed by atoms with Gasteiger partial charge in [0.2, 0.25) is 5.90 Å². The summed E-state index contributed by atoms with van der Waals surface area (Å²) < 4.78 is 5.64. The van der Waals surface area contributed by atoms with Gasteiger partial charge < -0.3 is 9.84 Å². The van der Waals surface area contributed by atoms with Crippen LogP contribution in [-0.2, 0) is 16.0 Å². The van der Waals surface area contributed by atoms with Gasteiger partial charge in [-0.2, -0.15) is 0 Å². The maximum Gasteiger partial charge on any atom is 0.303 e. The minimum absolute atomic E-state index is 0.189. The van der Waals surface area contributed by atoms with Crippen molar-refractivity contribution in [2.75, 3.05) is 6.61 Å². The predicted molar refractivity (Wildman–Crippen MR) is 113 cm³/mol. The van der Waals surface area contributed by atoms with E-state index in [-0.39, 0.29) is 12.3 Å². The molecule has 0 spiro atoms. The number of nitrogens with one attached hydrogen (secondary N) is 1. The Hall–Kier alpha value is -2.01. The SMILES string of the molecule is C=C/C=C(\C(=N)OCCCCC)c1ccc2c(c1)CCC(CCC(=O)O)S2. The van der Waals surface area contributed by atoms with Crippen molar-refractivity contribution >= 4 is 29.2 Å². The molecule has 0 radical (unpaired) electrons. The molecular formula is C22H29NO3S. The maximum atomic E-state index is 10.8. The molecule has 1 atom stereocenters. The van der Waals surface area contributed by atoms with Crippen LogP contribution >= 0.6 is 11.8 Å². The molecule has 1 unspecified atom stereocenters. The average molecular weight is 388 g/mol. The summed E-state index contributed by atoms with van der Waals surface area (Å²) in [5.41, 5.74) is 2.99. The summed E-state index contributed by atoms with van der Waals surface area (Å²) in [6, 6.07) is 6.24. The number of carboxylic acid groups (broad SMARTS) is 1. The molecule has 0 saturated carbocycles. The number of aryl methyl sites for hydroxylation is 1. The molecule has 2 N–H and O–H groups in total. The van der Waals surface area contributed by atoms with E-state index in [4.69, 9.17) is 15.3 Å². The topological polar surface area (TPSA) is 70.4 Å². The molecule has 1 aliphatic rings. The van der Waals surface area contributed by atoms with Gasteiger partial charge in [-0.1, -0.05) is 38.5 Å². The van der Waals surface area contributed by atoms with E-state index in [2.05, 4.69) is 25.6 Å². The number of thioether (sulfide) groups is 1. The van der Waals surface area contributed by atoms with E-state index in [1.165, 1.54) is 10.5 Å². The fourth-order valence-electron chi connectivity index (χ4n) is 3.12. The number of allylic oxidation sites excluding steroid dienone is 2. The quantitative estimate of drug-likeness (QED) is 0.233. The Morgan fingerprint density at radius 2 is 2.26 bits per heavy atom. The van der Waals surface area contributed by atoms with Crippen molar-refractivity contribution < 1.29 is 14.6 Å². The van der Waals surface area contributed by atoms with E-state index < -0.39 is 5.97 Å². The molecule has 5 heteroatoms. The van der Waals surface area contributed by atoms with Gasteiger partial charge in [-0.3, -0.25) is 10.2 Å². The van der Waals surface area contributed by atoms with Crippen LogP contribution in [0, 0.1) is 5.41 Å². The zero-order valence-electron chi connectivity index (χ0n) is 16.0. The minimum atomic E-state index is -0.728. The van der Waals surface area contributed by atoms with Gasteiger partial charge in [0.1, 0.15) is 0 Å². The molecule has 4 nitrogen and oxygen atoms in total. The number of unbranched alkanes of at least 4 members (excludes halogenated alkanes) is 2. The number of rotatable bonds is 10. The largest absolute Gasteiger partial charge is 0.481 e. The Morgan fingerprint density at radius 1 is 1.44 bits per heavy atom. The Bertz CT molecular complexity index is 712. The number of hydrogen-bond acceptors (Lipinski definition) is 4. The number of carbonyl (C=O) groups is 1. The molecule has 0 bridgehead atoms. The van der Waals surface area contributed by atoms with Crippen LogP contribution in [0.15, 0.2) is 41.8 Å². The minimum Gasteiger partial charge on any atom is -0.481 e. The number of ether oxygens (including phenoxy) is 1. The van der Waals surface area contributed by atoms with Gasteiger partial charge in [-0.15, -0.1) is 11.8 Å². The summed E-state index contributed by atoms with van der Waals surface area (Å²) in [6.07, 6.45) is 9.56. The molecular weight excluding hydrogens is 358 g/mol. The third-order valence-electron chi connectivity index (χ3n) is 4.60. The molecule has 1 aromatic rings. The lowest BCUT2D eigenvalue weighted by Gasteiger charge is -2.24. The van der Waals surface area contributed by atoms with E-state index in [0.29, 0.717) is 18.3 Å². The Labute approximate surface area is 166 Å². The third-order valence-corrected chi connectivity index (χ3v) is 6.06. The van der Waals surface area contributed by atoms with Crippen LogP contribution < -0.4 is 0 Å². The van der Waals surface area contributed by atoms with Crippen molar-refractivity contribution in [1.29, 1.82) is 5.41 Å². The first-order valence-electron chi connectivity index (χ1n) is 9.61. The van der Waals surface area contributed by atoms with Gasteiger partial charge in [0.05, 0.1) is 6.61 Å². The highest BCUT2D eigenvalue weighted by atomic mass is 32.2. The smallest absolute Gasteiger partial charge is 0.303 e. The first-order chi connectivity index (χ1) is 13.0. The van der Waals surface area contributed by atoms with Crippen LogP contribution in [-0.4, -0.2) is 28.8 Å². The molecule has 1 aromatic carbocycles. The maximum absolute atomic E-state index is 10.8. The van der Waals surface area contributed by atoms with Crippen molar-refractivity contribution in [3.8, 4) is 0 Å². The monoisotopic (exact) mass is 387 g/mol. The summed E-state index contributed by atoms with van der Waals surface area (Å²) in [6.45, 7) is 6.48. The Balaban J connectivity index is 2.07. The van der Waals surface area contributed by atoms with E-state index in [9.17, 15) is 4.79 Å². The summed E-state index contributed by atoms with van der Waals surface area (Å²) in [5.74, 6) is -0.540. The first kappa shape index (κ1) is 21.3. The van der Waals surface area contributed by atoms with Crippen LogP contribution in [0.25, 0.3) is 5.57 Å². The molecule has 0 aromatic heterocycles. The molecule has 0 amide bonds. The van der Waals surface area contributed by atoms with Gasteiger partial charge in [0.15, 0.2) is 0 Å². The van der Waals surface area contributed by atoms with Gasteiger partial charge >= 0.3 is 5.97 Å². The standard InChI is InChI=1S/C22H29NO3S/c1-3-5-6-14-26-22(23)19(7-4-2)16-9-12-20-17(15-16)8-10-18(27-20)11-13-21(24)25/h4,7,9,12,15,18,23H,2-3,5-6,8,10-11,13-14H2,1H3,(H,24,25)/b19-7-,23-22?. The number of fused-ring (bicyclic) bond motifs is 1. The lowest BCUT2D eigenvalue weighted by atomic mass is 9.98. The second-order valence-electron chi connectivity index (χ2n) is 6.73. The van der Waals surface area contributed by atoms with Gasteiger partial charge in [-0.05, 0) is 55.0 Å². The number of carboxylic acids is 1. The molecule has 1 aliphatic heterocycles. The van der Waals surface area contributed by atoms with Crippen LogP contribution in [0.2, 0.25) is 0 Å². The lowest BCUT2D eigenvalue weighted by molar-refractivity contribution is -0.137. The lowest BCUT2D eigenvalue weighted by Crippen LogP contribution is -2.13. The molecule has 2 rings (SSSR count). The number of aliphatic carboxylic acids is 1. The van der Waals surface area contributed by atoms with Crippen LogP contribution in [0.4, 0.5) is 0 Å². The highest BCUT2D eigenvalue weighted by Crippen LogP contribution is 2.38. The molecule has 146 valence electrons. The van der Waals surface area contributed by atoms with E-state index in [1.54, 1.807) is 17.8 Å².